The number of amides is 1. The first-order valence-corrected chi connectivity index (χ1v) is 8.48. The van der Waals surface area contributed by atoms with Gasteiger partial charge in [-0.1, -0.05) is 0 Å². The van der Waals surface area contributed by atoms with Gasteiger partial charge in [0.25, 0.3) is 5.91 Å². The summed E-state index contributed by atoms with van der Waals surface area (Å²) in [5.41, 5.74) is 0.596. The molecule has 0 radical (unpaired) electrons. The molecule has 2 aromatic heterocycles. The smallest absolute Gasteiger partial charge is 0.251 e. The topological polar surface area (TPSA) is 99.8 Å². The molecular formula is C17H21N7O2. The number of tetrazole rings is 1. The van der Waals surface area contributed by atoms with Crippen molar-refractivity contribution < 1.29 is 9.53 Å². The number of aryl methyl sites for hydroxylation is 2. The highest BCUT2D eigenvalue weighted by Crippen LogP contribution is 2.13. The highest BCUT2D eigenvalue weighted by molar-refractivity contribution is 5.94. The van der Waals surface area contributed by atoms with Gasteiger partial charge in [0.2, 0.25) is 0 Å². The van der Waals surface area contributed by atoms with E-state index in [0.29, 0.717) is 30.2 Å². The van der Waals surface area contributed by atoms with Crippen LogP contribution in [0, 0.1) is 0 Å². The Morgan fingerprint density at radius 2 is 2.12 bits per heavy atom. The Morgan fingerprint density at radius 1 is 1.27 bits per heavy atom. The quantitative estimate of drug-likeness (QED) is 0.581. The van der Waals surface area contributed by atoms with Crippen LogP contribution >= 0.6 is 0 Å². The fourth-order valence-electron chi connectivity index (χ4n) is 2.41. The summed E-state index contributed by atoms with van der Waals surface area (Å²) in [4.78, 5) is 16.1. The highest BCUT2D eigenvalue weighted by atomic mass is 16.5. The number of nitrogens with one attached hydrogen (secondary N) is 1. The van der Waals surface area contributed by atoms with Crippen LogP contribution in [-0.2, 0) is 19.7 Å². The first-order valence-electron chi connectivity index (χ1n) is 8.48. The third-order valence-corrected chi connectivity index (χ3v) is 3.83. The number of rotatable bonds is 9. The summed E-state index contributed by atoms with van der Waals surface area (Å²) in [6.07, 6.45) is 6.25. The van der Waals surface area contributed by atoms with E-state index in [1.165, 1.54) is 0 Å². The van der Waals surface area contributed by atoms with Crippen LogP contribution in [0.3, 0.4) is 0 Å². The highest BCUT2D eigenvalue weighted by Gasteiger charge is 2.07. The summed E-state index contributed by atoms with van der Waals surface area (Å²) in [5, 5.41) is 14.3. The zero-order valence-electron chi connectivity index (χ0n) is 14.6. The summed E-state index contributed by atoms with van der Waals surface area (Å²) in [6.45, 7) is 4.36. The summed E-state index contributed by atoms with van der Waals surface area (Å²) in [5.74, 6) is 1.22. The van der Waals surface area contributed by atoms with E-state index in [4.69, 9.17) is 4.74 Å². The predicted molar refractivity (Wildman–Crippen MR) is 93.4 cm³/mol. The van der Waals surface area contributed by atoms with Gasteiger partial charge in [-0.3, -0.25) is 4.79 Å². The van der Waals surface area contributed by atoms with E-state index in [0.717, 1.165) is 13.0 Å². The second kappa shape index (κ2) is 8.75. The lowest BCUT2D eigenvalue weighted by atomic mass is 10.2. The maximum absolute atomic E-state index is 12.1. The molecule has 0 aliphatic heterocycles. The molecule has 1 N–H and O–H groups in total. The van der Waals surface area contributed by atoms with Crippen LogP contribution in [-0.4, -0.2) is 42.2 Å². The molecule has 0 fully saturated rings. The lowest BCUT2D eigenvalue weighted by Gasteiger charge is -2.08. The number of hydrogen-bond acceptors (Lipinski definition) is 6. The zero-order chi connectivity index (χ0) is 18.2. The normalized spacial score (nSPS) is 10.7. The fourth-order valence-corrected chi connectivity index (χ4v) is 2.41. The predicted octanol–water partition coefficient (Wildman–Crippen LogP) is 1.29. The van der Waals surface area contributed by atoms with Gasteiger partial charge in [-0.05, 0) is 48.0 Å². The molecule has 0 bridgehead atoms. The van der Waals surface area contributed by atoms with Crippen molar-refractivity contribution in [3.63, 3.8) is 0 Å². The Kier molecular flexibility index (Phi) is 5.92. The van der Waals surface area contributed by atoms with Gasteiger partial charge < -0.3 is 14.6 Å². The van der Waals surface area contributed by atoms with Gasteiger partial charge in [-0.25, -0.2) is 9.67 Å². The number of ether oxygens (including phenoxy) is 1. The minimum absolute atomic E-state index is 0.0999. The Bertz CT molecular complexity index is 812. The number of aromatic nitrogens is 6. The molecule has 0 saturated carbocycles. The number of nitrogens with zero attached hydrogens (tertiary/aromatic N) is 6. The van der Waals surface area contributed by atoms with Crippen molar-refractivity contribution in [1.29, 1.82) is 0 Å². The molecule has 3 aromatic rings. The van der Waals surface area contributed by atoms with Gasteiger partial charge in [0.1, 0.15) is 12.4 Å². The van der Waals surface area contributed by atoms with Crippen molar-refractivity contribution in [3.05, 3.63) is 54.4 Å². The van der Waals surface area contributed by atoms with Gasteiger partial charge in [0.15, 0.2) is 5.82 Å². The molecule has 0 saturated heterocycles. The average molecular weight is 355 g/mol. The molecule has 0 unspecified atom stereocenters. The molecule has 0 spiro atoms. The molecule has 0 atom stereocenters. The van der Waals surface area contributed by atoms with Crippen molar-refractivity contribution >= 4 is 5.91 Å². The number of hydrogen-bond donors (Lipinski definition) is 1. The monoisotopic (exact) mass is 355 g/mol. The standard InChI is InChI=1S/C17H21N7O2/c1-2-24-16(20-21-22-24)12-26-15-6-4-14(5-7-15)17(25)19-8-3-10-23-11-9-18-13-23/h4-7,9,11,13H,2-3,8,10,12H2,1H3,(H,19,25). The van der Waals surface area contributed by atoms with Gasteiger partial charge in [0.05, 0.1) is 6.33 Å². The van der Waals surface area contributed by atoms with E-state index in [-0.39, 0.29) is 12.5 Å². The van der Waals surface area contributed by atoms with Crippen molar-refractivity contribution in [1.82, 2.24) is 35.1 Å². The Labute approximate surface area is 151 Å². The van der Waals surface area contributed by atoms with E-state index < -0.39 is 0 Å². The number of imidazole rings is 1. The van der Waals surface area contributed by atoms with Crippen LogP contribution in [0.4, 0.5) is 0 Å². The summed E-state index contributed by atoms with van der Waals surface area (Å²) in [6, 6.07) is 7.01. The molecule has 2 heterocycles. The average Bonchev–Trinajstić information content (AvgIpc) is 3.35. The zero-order valence-corrected chi connectivity index (χ0v) is 14.6. The van der Waals surface area contributed by atoms with Gasteiger partial charge in [0, 0.05) is 37.6 Å². The van der Waals surface area contributed by atoms with E-state index in [2.05, 4.69) is 25.8 Å². The molecule has 9 heteroatoms. The molecule has 3 rings (SSSR count). The second-order valence-corrected chi connectivity index (χ2v) is 5.63. The van der Waals surface area contributed by atoms with Crippen molar-refractivity contribution in [3.8, 4) is 5.75 Å². The summed E-state index contributed by atoms with van der Waals surface area (Å²) < 4.78 is 9.32. The fraction of sp³-hybridized carbons (Fsp3) is 0.353. The molecule has 0 aliphatic rings. The first kappa shape index (κ1) is 17.6. The van der Waals surface area contributed by atoms with Crippen LogP contribution in [0.15, 0.2) is 43.0 Å². The Morgan fingerprint density at radius 3 is 2.85 bits per heavy atom. The number of carbonyl (C=O) groups excluding carboxylic acids is 1. The second-order valence-electron chi connectivity index (χ2n) is 5.63. The van der Waals surface area contributed by atoms with Crippen molar-refractivity contribution in [2.45, 2.75) is 33.0 Å². The largest absolute Gasteiger partial charge is 0.486 e. The van der Waals surface area contributed by atoms with Gasteiger partial charge in [-0.15, -0.1) is 5.10 Å². The van der Waals surface area contributed by atoms with Crippen LogP contribution in [0.1, 0.15) is 29.5 Å². The first-order chi connectivity index (χ1) is 12.8. The third kappa shape index (κ3) is 4.65. The van der Waals surface area contributed by atoms with E-state index in [9.17, 15) is 4.79 Å². The Balaban J connectivity index is 1.43. The van der Waals surface area contributed by atoms with Crippen molar-refractivity contribution in [2.24, 2.45) is 0 Å². The maximum Gasteiger partial charge on any atom is 0.251 e. The summed E-state index contributed by atoms with van der Waals surface area (Å²) in [7, 11) is 0. The molecule has 9 nitrogen and oxygen atoms in total. The van der Waals surface area contributed by atoms with Crippen LogP contribution < -0.4 is 10.1 Å². The number of carbonyl (C=O) groups is 1. The van der Waals surface area contributed by atoms with E-state index >= 15 is 0 Å². The molecular weight excluding hydrogens is 334 g/mol. The lowest BCUT2D eigenvalue weighted by Crippen LogP contribution is -2.25. The third-order valence-electron chi connectivity index (χ3n) is 3.83. The van der Waals surface area contributed by atoms with E-state index in [1.54, 1.807) is 41.5 Å². The molecule has 26 heavy (non-hydrogen) atoms. The minimum atomic E-state index is -0.0999. The molecule has 136 valence electrons. The molecule has 1 aromatic carbocycles. The van der Waals surface area contributed by atoms with Crippen LogP contribution in [0.2, 0.25) is 0 Å². The van der Waals surface area contributed by atoms with E-state index in [1.807, 2.05) is 17.7 Å². The Hall–Kier alpha value is -3.23. The van der Waals surface area contributed by atoms with Gasteiger partial charge in [-0.2, -0.15) is 0 Å². The molecule has 1 amide bonds. The van der Waals surface area contributed by atoms with Crippen LogP contribution in [0.5, 0.6) is 5.75 Å². The summed E-state index contributed by atoms with van der Waals surface area (Å²) >= 11 is 0. The minimum Gasteiger partial charge on any atom is -0.486 e. The lowest BCUT2D eigenvalue weighted by molar-refractivity contribution is 0.0952. The number of benzene rings is 1. The van der Waals surface area contributed by atoms with Gasteiger partial charge >= 0.3 is 0 Å². The molecule has 0 aliphatic carbocycles. The SMILES string of the molecule is CCn1nnnc1COc1ccc(C(=O)NCCCn2ccnc2)cc1. The maximum atomic E-state index is 12.1. The van der Waals surface area contributed by atoms with Crippen molar-refractivity contribution in [2.75, 3.05) is 6.54 Å². The van der Waals surface area contributed by atoms with Crippen LogP contribution in [0.25, 0.3) is 0 Å².